The summed E-state index contributed by atoms with van der Waals surface area (Å²) in [5.41, 5.74) is 4.37. The molecule has 6 heteroatoms. The minimum absolute atomic E-state index is 0.103. The average Bonchev–Trinajstić information content (AvgIpc) is 3.00. The number of hydrogen-bond acceptors (Lipinski definition) is 5. The van der Waals surface area contributed by atoms with E-state index in [4.69, 9.17) is 9.63 Å². The second-order valence-corrected chi connectivity index (χ2v) is 8.99. The maximum Gasteiger partial charge on any atom is 0.309 e. The fourth-order valence-electron chi connectivity index (χ4n) is 3.67. The van der Waals surface area contributed by atoms with E-state index in [0.29, 0.717) is 24.8 Å². The summed E-state index contributed by atoms with van der Waals surface area (Å²) >= 11 is 0. The lowest BCUT2D eigenvalue weighted by Crippen LogP contribution is -2.49. The molecule has 4 rings (SSSR count). The van der Waals surface area contributed by atoms with Crippen molar-refractivity contribution in [2.75, 3.05) is 13.1 Å². The van der Waals surface area contributed by atoms with Crippen molar-refractivity contribution in [2.45, 2.75) is 33.7 Å². The molecule has 2 aliphatic rings. The Bertz CT molecular complexity index is 1020. The standard InChI is InChI=1S/C24H27N3O3/c1-24(2,3)20-6-4-5-18(11-12-20)22-25-21(26-30-22)17-9-7-16(8-10-17)13-27-14-19(15-27)23(28)29/h5-12,19H,4,13-15H2,1-3H3,(H,28,29). The fourth-order valence-corrected chi connectivity index (χ4v) is 3.67. The van der Waals surface area contributed by atoms with Crippen LogP contribution in [0.4, 0.5) is 0 Å². The molecule has 156 valence electrons. The minimum Gasteiger partial charge on any atom is -0.481 e. The Kier molecular flexibility index (Phi) is 5.43. The van der Waals surface area contributed by atoms with Gasteiger partial charge in [-0.15, -0.1) is 0 Å². The van der Waals surface area contributed by atoms with Crippen molar-refractivity contribution >= 4 is 11.5 Å². The normalized spacial score (nSPS) is 17.8. The summed E-state index contributed by atoms with van der Waals surface area (Å²) < 4.78 is 5.52. The van der Waals surface area contributed by atoms with Gasteiger partial charge in [0.25, 0.3) is 5.89 Å². The minimum atomic E-state index is -0.710. The second kappa shape index (κ2) is 8.03. The van der Waals surface area contributed by atoms with Crippen molar-refractivity contribution in [3.05, 3.63) is 65.6 Å². The highest BCUT2D eigenvalue weighted by Gasteiger charge is 2.32. The first kappa shape index (κ1) is 20.3. The fraction of sp³-hybridized carbons (Fsp3) is 0.375. The van der Waals surface area contributed by atoms with Crippen LogP contribution in [0, 0.1) is 11.3 Å². The van der Waals surface area contributed by atoms with Crippen LogP contribution in [0.3, 0.4) is 0 Å². The molecular weight excluding hydrogens is 378 g/mol. The van der Waals surface area contributed by atoms with Gasteiger partial charge in [0, 0.05) is 30.8 Å². The molecule has 0 atom stereocenters. The largest absolute Gasteiger partial charge is 0.481 e. The number of likely N-dealkylation sites (tertiary alicyclic amines) is 1. The molecule has 2 aromatic rings. The Labute approximate surface area is 176 Å². The first-order chi connectivity index (χ1) is 14.3. The molecule has 0 spiro atoms. The topological polar surface area (TPSA) is 79.5 Å². The van der Waals surface area contributed by atoms with Gasteiger partial charge in [0.2, 0.25) is 5.82 Å². The van der Waals surface area contributed by atoms with Gasteiger partial charge in [-0.25, -0.2) is 0 Å². The molecule has 1 N–H and O–H groups in total. The summed E-state index contributed by atoms with van der Waals surface area (Å²) in [6, 6.07) is 8.03. The highest BCUT2D eigenvalue weighted by Crippen LogP contribution is 2.30. The zero-order chi connectivity index (χ0) is 21.3. The molecule has 6 nitrogen and oxygen atoms in total. The molecule has 0 amide bonds. The van der Waals surface area contributed by atoms with E-state index in [1.807, 2.05) is 30.3 Å². The van der Waals surface area contributed by atoms with Crippen LogP contribution >= 0.6 is 0 Å². The van der Waals surface area contributed by atoms with Gasteiger partial charge in [-0.1, -0.05) is 68.4 Å². The zero-order valence-electron chi connectivity index (χ0n) is 17.6. The molecule has 1 fully saturated rings. The lowest BCUT2D eigenvalue weighted by Gasteiger charge is -2.36. The first-order valence-corrected chi connectivity index (χ1v) is 10.3. The Morgan fingerprint density at radius 3 is 2.57 bits per heavy atom. The van der Waals surface area contributed by atoms with E-state index in [1.54, 1.807) is 0 Å². The smallest absolute Gasteiger partial charge is 0.309 e. The van der Waals surface area contributed by atoms with Gasteiger partial charge in [-0.3, -0.25) is 9.69 Å². The summed E-state index contributed by atoms with van der Waals surface area (Å²) in [7, 11) is 0. The third kappa shape index (κ3) is 4.44. The average molecular weight is 405 g/mol. The predicted octanol–water partition coefficient (Wildman–Crippen LogP) is 4.57. The van der Waals surface area contributed by atoms with Gasteiger partial charge in [-0.05, 0) is 29.0 Å². The summed E-state index contributed by atoms with van der Waals surface area (Å²) in [5, 5.41) is 13.1. The van der Waals surface area contributed by atoms with Gasteiger partial charge in [0.15, 0.2) is 0 Å². The van der Waals surface area contributed by atoms with Crippen molar-refractivity contribution in [2.24, 2.45) is 11.3 Å². The molecule has 2 heterocycles. The monoisotopic (exact) mass is 405 g/mol. The molecular formula is C24H27N3O3. The molecule has 0 bridgehead atoms. The number of carboxylic acid groups (broad SMARTS) is 1. The third-order valence-corrected chi connectivity index (χ3v) is 5.58. The molecule has 1 aliphatic carbocycles. The zero-order valence-corrected chi connectivity index (χ0v) is 17.6. The number of benzene rings is 1. The molecule has 0 saturated carbocycles. The van der Waals surface area contributed by atoms with Gasteiger partial charge < -0.3 is 9.63 Å². The molecule has 1 aliphatic heterocycles. The molecule has 1 aromatic heterocycles. The number of aliphatic carboxylic acids is 1. The summed E-state index contributed by atoms with van der Waals surface area (Å²) in [6.07, 6.45) is 9.34. The van der Waals surface area contributed by atoms with Crippen LogP contribution in [0.5, 0.6) is 0 Å². The van der Waals surface area contributed by atoms with Gasteiger partial charge >= 0.3 is 5.97 Å². The molecule has 30 heavy (non-hydrogen) atoms. The molecule has 0 unspecified atom stereocenters. The maximum atomic E-state index is 10.9. The van der Waals surface area contributed by atoms with Crippen LogP contribution in [-0.4, -0.2) is 39.2 Å². The van der Waals surface area contributed by atoms with Crippen molar-refractivity contribution in [1.82, 2.24) is 15.0 Å². The Hall–Kier alpha value is -2.99. The van der Waals surface area contributed by atoms with Crippen molar-refractivity contribution in [1.29, 1.82) is 0 Å². The number of carbonyl (C=O) groups is 1. The van der Waals surface area contributed by atoms with E-state index < -0.39 is 5.97 Å². The summed E-state index contributed by atoms with van der Waals surface area (Å²) in [5.74, 6) is 0.144. The number of allylic oxidation sites excluding steroid dienone is 6. The lowest BCUT2D eigenvalue weighted by molar-refractivity contribution is -0.147. The molecule has 0 radical (unpaired) electrons. The Morgan fingerprint density at radius 1 is 1.17 bits per heavy atom. The summed E-state index contributed by atoms with van der Waals surface area (Å²) in [6.45, 7) is 8.58. The highest BCUT2D eigenvalue weighted by atomic mass is 16.5. The van der Waals surface area contributed by atoms with E-state index in [9.17, 15) is 4.79 Å². The number of aromatic nitrogens is 2. The molecule has 1 aromatic carbocycles. The van der Waals surface area contributed by atoms with Crippen LogP contribution < -0.4 is 0 Å². The lowest BCUT2D eigenvalue weighted by atomic mass is 9.86. The molecule has 1 saturated heterocycles. The van der Waals surface area contributed by atoms with E-state index in [2.05, 4.69) is 54.0 Å². The van der Waals surface area contributed by atoms with Crippen molar-refractivity contribution in [3.8, 4) is 11.4 Å². The quantitative estimate of drug-likeness (QED) is 0.785. The van der Waals surface area contributed by atoms with Crippen molar-refractivity contribution < 1.29 is 14.4 Å². The third-order valence-electron chi connectivity index (χ3n) is 5.58. The van der Waals surface area contributed by atoms with E-state index in [0.717, 1.165) is 29.7 Å². The number of hydrogen-bond donors (Lipinski definition) is 1. The van der Waals surface area contributed by atoms with Crippen LogP contribution in [-0.2, 0) is 11.3 Å². The van der Waals surface area contributed by atoms with Crippen LogP contribution in [0.15, 0.2) is 58.7 Å². The van der Waals surface area contributed by atoms with E-state index in [-0.39, 0.29) is 11.3 Å². The second-order valence-electron chi connectivity index (χ2n) is 8.99. The number of nitrogens with zero attached hydrogens (tertiary/aromatic N) is 3. The SMILES string of the molecule is CC(C)(C)C1=CCC=C(c2nc(-c3ccc(CN4CC(C(=O)O)C4)cc3)no2)C=C1. The predicted molar refractivity (Wildman–Crippen MR) is 115 cm³/mol. The number of rotatable bonds is 5. The van der Waals surface area contributed by atoms with Gasteiger partial charge in [0.1, 0.15) is 0 Å². The van der Waals surface area contributed by atoms with Crippen LogP contribution in [0.2, 0.25) is 0 Å². The van der Waals surface area contributed by atoms with E-state index in [1.165, 1.54) is 5.57 Å². The first-order valence-electron chi connectivity index (χ1n) is 10.3. The van der Waals surface area contributed by atoms with Crippen molar-refractivity contribution in [3.63, 3.8) is 0 Å². The highest BCUT2D eigenvalue weighted by molar-refractivity contribution is 5.72. The number of carboxylic acids is 1. The van der Waals surface area contributed by atoms with Crippen LogP contribution in [0.25, 0.3) is 17.0 Å². The Balaban J connectivity index is 1.41. The Morgan fingerprint density at radius 2 is 1.90 bits per heavy atom. The van der Waals surface area contributed by atoms with E-state index >= 15 is 0 Å². The summed E-state index contributed by atoms with van der Waals surface area (Å²) in [4.78, 5) is 17.6. The maximum absolute atomic E-state index is 10.9. The van der Waals surface area contributed by atoms with Crippen LogP contribution in [0.1, 0.15) is 38.6 Å². The van der Waals surface area contributed by atoms with Gasteiger partial charge in [-0.2, -0.15) is 4.98 Å². The van der Waals surface area contributed by atoms with Gasteiger partial charge in [0.05, 0.1) is 5.92 Å².